The summed E-state index contributed by atoms with van der Waals surface area (Å²) in [6, 6.07) is 13.3. The van der Waals surface area contributed by atoms with Crippen molar-refractivity contribution in [3.05, 3.63) is 104 Å². The molecule has 0 spiro atoms. The van der Waals surface area contributed by atoms with Gasteiger partial charge in [0.25, 0.3) is 21.5 Å². The average Bonchev–Trinajstić information content (AvgIpc) is 3.06. The maximum Gasteiger partial charge on any atom is 0.339 e. The lowest BCUT2D eigenvalue weighted by Crippen LogP contribution is -2.23. The van der Waals surface area contributed by atoms with Crippen LogP contribution in [0.15, 0.2) is 58.3 Å². The van der Waals surface area contributed by atoms with Gasteiger partial charge in [0.2, 0.25) is 0 Å². The number of hydrogen-bond acceptors (Lipinski definition) is 13. The molecule has 50 heavy (non-hydrogen) atoms. The van der Waals surface area contributed by atoms with E-state index in [9.17, 15) is 46.7 Å². The Hall–Kier alpha value is -5.96. The number of esters is 2. The normalized spacial score (nSPS) is 12.5. The molecule has 0 aromatic heterocycles. The lowest BCUT2D eigenvalue weighted by molar-refractivity contribution is 0.0435. The lowest BCUT2D eigenvalue weighted by Gasteiger charge is -2.22. The van der Waals surface area contributed by atoms with Gasteiger partial charge in [-0.2, -0.15) is 8.42 Å². The number of nitriles is 2. The molecule has 3 aromatic carbocycles. The molecule has 0 saturated heterocycles. The Morgan fingerprint density at radius 2 is 1.10 bits per heavy atom. The summed E-state index contributed by atoms with van der Waals surface area (Å²) in [7, 11) is -9.03. The van der Waals surface area contributed by atoms with Crippen molar-refractivity contribution in [2.75, 3.05) is 26.4 Å². The molecule has 0 bridgehead atoms. The Labute approximate surface area is 287 Å². The van der Waals surface area contributed by atoms with Gasteiger partial charge in [0.05, 0.1) is 41.3 Å². The summed E-state index contributed by atoms with van der Waals surface area (Å²) >= 11 is 0. The van der Waals surface area contributed by atoms with Crippen molar-refractivity contribution in [3.8, 4) is 23.6 Å². The van der Waals surface area contributed by atoms with Crippen LogP contribution in [0.5, 0.6) is 11.5 Å². The third kappa shape index (κ3) is 9.56. The zero-order chi connectivity index (χ0) is 37.2. The van der Waals surface area contributed by atoms with Crippen LogP contribution in [0.4, 0.5) is 0 Å². The Morgan fingerprint density at radius 3 is 1.46 bits per heavy atom. The quantitative estimate of drug-likeness (QED) is 0.0902. The van der Waals surface area contributed by atoms with Gasteiger partial charge in [-0.05, 0) is 61.4 Å². The zero-order valence-electron chi connectivity index (χ0n) is 26.1. The van der Waals surface area contributed by atoms with Crippen LogP contribution in [0.1, 0.15) is 31.8 Å². The molecule has 3 rings (SSSR count). The fourth-order valence-corrected chi connectivity index (χ4v) is 5.78. The summed E-state index contributed by atoms with van der Waals surface area (Å²) in [6.45, 7) is 16.2. The van der Waals surface area contributed by atoms with E-state index in [0.29, 0.717) is 11.1 Å². The molecule has 3 aromatic rings. The van der Waals surface area contributed by atoms with Crippen molar-refractivity contribution in [1.82, 2.24) is 0 Å². The zero-order valence-corrected chi connectivity index (χ0v) is 27.7. The molecule has 0 saturated carbocycles. The lowest BCUT2D eigenvalue weighted by atomic mass is 10.1. The van der Waals surface area contributed by atoms with Crippen LogP contribution < -0.4 is 19.9 Å². The number of rotatable bonds is 12. The van der Waals surface area contributed by atoms with Gasteiger partial charge >= 0.3 is 11.9 Å². The van der Waals surface area contributed by atoms with E-state index in [1.165, 1.54) is 24.3 Å². The Balaban J connectivity index is 1.86. The molecule has 0 amide bonds. The predicted octanol–water partition coefficient (Wildman–Crippen LogP) is 3.71. The fourth-order valence-electron chi connectivity index (χ4n) is 4.22. The fraction of sp³-hybridized carbons (Fsp3) is 0.188. The van der Waals surface area contributed by atoms with E-state index >= 15 is 0 Å². The summed E-state index contributed by atoms with van der Waals surface area (Å²) in [5.41, 5.74) is -0.754. The Bertz CT molecular complexity index is 2220. The van der Waals surface area contributed by atoms with Gasteiger partial charge < -0.3 is 32.6 Å². The van der Waals surface area contributed by atoms with Crippen molar-refractivity contribution in [2.45, 2.75) is 23.6 Å². The number of hydrogen-bond donors (Lipinski definition) is 4. The van der Waals surface area contributed by atoms with Crippen LogP contribution in [-0.4, -0.2) is 65.0 Å². The van der Waals surface area contributed by atoms with Crippen LogP contribution in [-0.2, 0) is 19.6 Å². The van der Waals surface area contributed by atoms with Gasteiger partial charge in [-0.25, -0.2) is 29.8 Å². The Kier molecular flexibility index (Phi) is 12.6. The van der Waals surface area contributed by atoms with Gasteiger partial charge in [0.15, 0.2) is 0 Å². The highest BCUT2D eigenvalue weighted by molar-refractivity contribution is 8.19. The molecule has 18 heteroatoms. The molecule has 4 N–H and O–H groups in total. The van der Waals surface area contributed by atoms with E-state index in [1.54, 1.807) is 26.0 Å². The van der Waals surface area contributed by atoms with E-state index in [1.807, 2.05) is 0 Å². The first-order valence-electron chi connectivity index (χ1n) is 13.8. The van der Waals surface area contributed by atoms with E-state index in [2.05, 4.69) is 9.69 Å². The molecule has 16 nitrogen and oxygen atoms in total. The highest BCUT2D eigenvalue weighted by Gasteiger charge is 2.25. The third-order valence-corrected chi connectivity index (χ3v) is 8.28. The number of nitrogens with zero attached hydrogens (tertiary/aromatic N) is 4. The largest absolute Gasteiger partial charge is 0.491 e. The standard InChI is InChI=1S/C32H26N4O12S2/c1-19-5-7-21(29(13-19)49(39,40)41)31(37)47-11-9-45-27-15-24(26(18-34)36-4)28(16-23(27)25(17-33)35-3)46-10-12-48-32(38)22-8-6-20(2)14-30(22)50(42,43)44/h5-8,13-16,39-41H,9-12H2,1-2H3,(H,42,43,44)/b25-23-,26-24+. The van der Waals surface area contributed by atoms with Gasteiger partial charge in [-0.1, -0.05) is 12.1 Å². The van der Waals surface area contributed by atoms with Gasteiger partial charge in [-0.3, -0.25) is 4.55 Å². The third-order valence-electron chi connectivity index (χ3n) is 6.46. The van der Waals surface area contributed by atoms with Crippen molar-refractivity contribution < 1.29 is 55.2 Å². The van der Waals surface area contributed by atoms with Gasteiger partial charge in [0.1, 0.15) is 53.7 Å². The minimum Gasteiger partial charge on any atom is -0.491 e. The van der Waals surface area contributed by atoms with Crippen molar-refractivity contribution in [1.29, 1.82) is 10.5 Å². The number of carbonyl (C=O) groups excluding carboxylic acids is 2. The van der Waals surface area contributed by atoms with E-state index < -0.39 is 86.1 Å². The number of benzene rings is 3. The number of ether oxygens (including phenoxy) is 4. The molecule has 0 aliphatic rings. The minimum absolute atomic E-state index is 0.140. The van der Waals surface area contributed by atoms with Gasteiger partial charge in [-0.15, -0.1) is 0 Å². The van der Waals surface area contributed by atoms with Crippen LogP contribution >= 0.6 is 10.9 Å². The van der Waals surface area contributed by atoms with Crippen LogP contribution in [0.25, 0.3) is 21.1 Å². The smallest absolute Gasteiger partial charge is 0.339 e. The van der Waals surface area contributed by atoms with Crippen molar-refractivity contribution >= 4 is 44.3 Å². The van der Waals surface area contributed by atoms with E-state index in [0.717, 1.165) is 24.3 Å². The van der Waals surface area contributed by atoms with E-state index in [4.69, 9.17) is 32.1 Å². The second-order valence-electron chi connectivity index (χ2n) is 9.95. The molecular weight excluding hydrogens is 697 g/mol. The summed E-state index contributed by atoms with van der Waals surface area (Å²) in [5.74, 6) is -2.51. The molecule has 0 heterocycles. The second-order valence-corrected chi connectivity index (χ2v) is 12.8. The second kappa shape index (κ2) is 16.4. The maximum absolute atomic E-state index is 12.6. The first kappa shape index (κ1) is 38.5. The van der Waals surface area contributed by atoms with Crippen molar-refractivity contribution in [2.24, 2.45) is 0 Å². The average molecular weight is 723 g/mol. The van der Waals surface area contributed by atoms with Gasteiger partial charge in [0, 0.05) is 10.4 Å². The van der Waals surface area contributed by atoms with Crippen LogP contribution in [0, 0.1) is 49.7 Å². The monoisotopic (exact) mass is 722 g/mol. The van der Waals surface area contributed by atoms with Crippen LogP contribution in [0.2, 0.25) is 0 Å². The molecular formula is C32H26N4O12S2. The van der Waals surface area contributed by atoms with Crippen molar-refractivity contribution in [3.63, 3.8) is 0 Å². The molecule has 0 radical (unpaired) electrons. The summed E-state index contributed by atoms with van der Waals surface area (Å²) in [4.78, 5) is 30.5. The maximum atomic E-state index is 12.6. The molecule has 0 aliphatic carbocycles. The molecule has 258 valence electrons. The molecule has 0 aliphatic heterocycles. The highest BCUT2D eigenvalue weighted by atomic mass is 32.3. The highest BCUT2D eigenvalue weighted by Crippen LogP contribution is 2.46. The number of carbonyl (C=O) groups is 2. The summed E-state index contributed by atoms with van der Waals surface area (Å²) in [5, 5.41) is 18.9. The summed E-state index contributed by atoms with van der Waals surface area (Å²) < 4.78 is 83.6. The Morgan fingerprint density at radius 1 is 0.700 bits per heavy atom. The minimum atomic E-state index is -4.76. The predicted molar refractivity (Wildman–Crippen MR) is 174 cm³/mol. The molecule has 0 fully saturated rings. The first-order valence-corrected chi connectivity index (χ1v) is 16.8. The first-order chi connectivity index (χ1) is 23.5. The topological polar surface area (TPSA) is 242 Å². The van der Waals surface area contributed by atoms with Crippen LogP contribution in [0.3, 0.4) is 0 Å². The summed E-state index contributed by atoms with van der Waals surface area (Å²) in [6.07, 6.45) is 0. The SMILES string of the molecule is [C-]#[N+]/C(C#N)=c1/cc(OCCOC(=O)c2ccc(C)cc2S(=O)(=O)O)/c(=C(\C#N)[N+]#[C-])cc1OCCOC(=O)c1ccc(C)cc1S(O)(O)O. The number of aryl methyl sites for hydroxylation is 2. The molecule has 0 atom stereocenters. The molecule has 0 unspecified atom stereocenters. The van der Waals surface area contributed by atoms with E-state index in [-0.39, 0.29) is 27.5 Å².